The molecule has 146 valence electrons. The summed E-state index contributed by atoms with van der Waals surface area (Å²) in [4.78, 5) is 18.4. The highest BCUT2D eigenvalue weighted by atomic mass is 19.1. The van der Waals surface area contributed by atoms with E-state index < -0.39 is 5.60 Å². The smallest absolute Gasteiger partial charge is 0.407 e. The van der Waals surface area contributed by atoms with Gasteiger partial charge in [-0.05, 0) is 57.9 Å². The largest absolute Gasteiger partial charge is 0.444 e. The van der Waals surface area contributed by atoms with Gasteiger partial charge in [0.05, 0.1) is 12.7 Å². The molecule has 1 aliphatic rings. The quantitative estimate of drug-likeness (QED) is 0.876. The van der Waals surface area contributed by atoms with E-state index in [4.69, 9.17) is 9.15 Å². The Bertz CT molecular complexity index is 760. The van der Waals surface area contributed by atoms with E-state index in [9.17, 15) is 9.18 Å². The number of benzene rings is 1. The first kappa shape index (κ1) is 19.4. The molecule has 0 unspecified atom stereocenters. The van der Waals surface area contributed by atoms with Crippen molar-refractivity contribution in [2.24, 2.45) is 0 Å². The predicted octanol–water partition coefficient (Wildman–Crippen LogP) is 3.97. The van der Waals surface area contributed by atoms with Crippen molar-refractivity contribution in [2.75, 3.05) is 13.1 Å². The maximum atomic E-state index is 13.0. The van der Waals surface area contributed by atoms with Gasteiger partial charge >= 0.3 is 6.09 Å². The fraction of sp³-hybridized carbons (Fsp3) is 0.500. The van der Waals surface area contributed by atoms with Crippen molar-refractivity contribution in [1.29, 1.82) is 0 Å². The van der Waals surface area contributed by atoms with Gasteiger partial charge in [0.1, 0.15) is 11.4 Å². The SMILES string of the molecule is CC(C)(C)OC(=O)NC1CCN(Cc2ncc(-c3ccc(F)cc3)o2)CC1. The molecule has 2 heterocycles. The summed E-state index contributed by atoms with van der Waals surface area (Å²) >= 11 is 0. The lowest BCUT2D eigenvalue weighted by atomic mass is 10.1. The van der Waals surface area contributed by atoms with Gasteiger partial charge in [-0.15, -0.1) is 0 Å². The van der Waals surface area contributed by atoms with Crippen LogP contribution in [0.4, 0.5) is 9.18 Å². The van der Waals surface area contributed by atoms with Gasteiger partial charge in [-0.3, -0.25) is 4.90 Å². The average Bonchev–Trinajstić information content (AvgIpc) is 3.04. The van der Waals surface area contributed by atoms with E-state index in [1.165, 1.54) is 12.1 Å². The predicted molar refractivity (Wildman–Crippen MR) is 99.6 cm³/mol. The van der Waals surface area contributed by atoms with Crippen molar-refractivity contribution in [1.82, 2.24) is 15.2 Å². The third-order valence-corrected chi connectivity index (χ3v) is 4.35. The highest BCUT2D eigenvalue weighted by Gasteiger charge is 2.24. The van der Waals surface area contributed by atoms with Crippen LogP contribution < -0.4 is 5.32 Å². The number of carbonyl (C=O) groups excluding carboxylic acids is 1. The van der Waals surface area contributed by atoms with Gasteiger partial charge in [0.15, 0.2) is 5.76 Å². The molecule has 1 fully saturated rings. The third-order valence-electron chi connectivity index (χ3n) is 4.35. The second kappa shape index (κ2) is 8.08. The number of aromatic nitrogens is 1. The highest BCUT2D eigenvalue weighted by Crippen LogP contribution is 2.22. The molecule has 6 nitrogen and oxygen atoms in total. The molecule has 0 radical (unpaired) electrons. The summed E-state index contributed by atoms with van der Waals surface area (Å²) in [5.74, 6) is 0.987. The fourth-order valence-electron chi connectivity index (χ4n) is 3.03. The minimum Gasteiger partial charge on any atom is -0.444 e. The van der Waals surface area contributed by atoms with Gasteiger partial charge in [0.2, 0.25) is 5.89 Å². The summed E-state index contributed by atoms with van der Waals surface area (Å²) in [6, 6.07) is 6.27. The number of halogens is 1. The molecule has 2 aromatic rings. The van der Waals surface area contributed by atoms with Gasteiger partial charge in [0, 0.05) is 24.7 Å². The number of piperidine rings is 1. The number of rotatable bonds is 4. The molecule has 1 N–H and O–H groups in total. The maximum Gasteiger partial charge on any atom is 0.407 e. The van der Waals surface area contributed by atoms with Gasteiger partial charge in [-0.1, -0.05) is 0 Å². The third kappa shape index (κ3) is 5.79. The Balaban J connectivity index is 1.47. The molecular weight excluding hydrogens is 349 g/mol. The van der Waals surface area contributed by atoms with E-state index in [2.05, 4.69) is 15.2 Å². The molecule has 0 saturated carbocycles. The van der Waals surface area contributed by atoms with Crippen LogP contribution in [0.15, 0.2) is 34.9 Å². The van der Waals surface area contributed by atoms with Gasteiger partial charge in [0.25, 0.3) is 0 Å². The summed E-state index contributed by atoms with van der Waals surface area (Å²) in [6.45, 7) is 7.85. The molecule has 0 aliphatic carbocycles. The number of likely N-dealkylation sites (tertiary alicyclic amines) is 1. The minimum absolute atomic E-state index is 0.121. The number of nitrogens with one attached hydrogen (secondary N) is 1. The van der Waals surface area contributed by atoms with Gasteiger partial charge in [-0.25, -0.2) is 14.2 Å². The van der Waals surface area contributed by atoms with Crippen molar-refractivity contribution in [3.8, 4) is 11.3 Å². The first-order chi connectivity index (χ1) is 12.8. The average molecular weight is 375 g/mol. The lowest BCUT2D eigenvalue weighted by Gasteiger charge is -2.32. The van der Waals surface area contributed by atoms with Crippen LogP contribution in [0.25, 0.3) is 11.3 Å². The minimum atomic E-state index is -0.488. The Hall–Kier alpha value is -2.41. The van der Waals surface area contributed by atoms with E-state index in [1.807, 2.05) is 20.8 Å². The molecule has 1 aromatic carbocycles. The molecule has 1 saturated heterocycles. The first-order valence-corrected chi connectivity index (χ1v) is 9.21. The summed E-state index contributed by atoms with van der Waals surface area (Å²) in [5, 5.41) is 2.93. The monoisotopic (exact) mass is 375 g/mol. The van der Waals surface area contributed by atoms with E-state index >= 15 is 0 Å². The summed E-state index contributed by atoms with van der Waals surface area (Å²) in [7, 11) is 0. The molecular formula is C20H26FN3O3. The highest BCUT2D eigenvalue weighted by molar-refractivity contribution is 5.68. The number of ether oxygens (including phenoxy) is 1. The maximum absolute atomic E-state index is 13.0. The Kier molecular flexibility index (Phi) is 5.79. The number of carbonyl (C=O) groups is 1. The lowest BCUT2D eigenvalue weighted by molar-refractivity contribution is 0.0475. The van der Waals surface area contributed by atoms with Crippen LogP contribution in [0.3, 0.4) is 0 Å². The zero-order valence-corrected chi connectivity index (χ0v) is 16.0. The molecule has 0 atom stereocenters. The summed E-state index contributed by atoms with van der Waals surface area (Å²) in [6.07, 6.45) is 3.01. The van der Waals surface area contributed by atoms with Crippen LogP contribution in [-0.2, 0) is 11.3 Å². The Labute approximate surface area is 158 Å². The second-order valence-corrected chi connectivity index (χ2v) is 7.82. The molecule has 27 heavy (non-hydrogen) atoms. The number of hydrogen-bond donors (Lipinski definition) is 1. The van der Waals surface area contributed by atoms with E-state index in [1.54, 1.807) is 18.3 Å². The van der Waals surface area contributed by atoms with Crippen LogP contribution in [0.5, 0.6) is 0 Å². The number of nitrogens with zero attached hydrogens (tertiary/aromatic N) is 2. The Morgan fingerprint density at radius 1 is 1.30 bits per heavy atom. The Morgan fingerprint density at radius 2 is 1.96 bits per heavy atom. The zero-order valence-electron chi connectivity index (χ0n) is 16.0. The first-order valence-electron chi connectivity index (χ1n) is 9.21. The molecule has 0 spiro atoms. The molecule has 0 bridgehead atoms. The standard InChI is InChI=1S/C20H26FN3O3/c1-20(2,3)27-19(25)23-16-8-10-24(11-9-16)13-18-22-12-17(26-18)14-4-6-15(21)7-5-14/h4-7,12,16H,8-11,13H2,1-3H3,(H,23,25). The van der Waals surface area contributed by atoms with Crippen molar-refractivity contribution < 1.29 is 18.3 Å². The van der Waals surface area contributed by atoms with E-state index in [-0.39, 0.29) is 18.0 Å². The van der Waals surface area contributed by atoms with Crippen LogP contribution in [0, 0.1) is 5.82 Å². The van der Waals surface area contributed by atoms with E-state index in [0.717, 1.165) is 31.5 Å². The van der Waals surface area contributed by atoms with Gasteiger partial charge in [-0.2, -0.15) is 0 Å². The van der Waals surface area contributed by atoms with Crippen molar-refractivity contribution in [3.63, 3.8) is 0 Å². The molecule has 1 aromatic heterocycles. The van der Waals surface area contributed by atoms with Gasteiger partial charge < -0.3 is 14.5 Å². The fourth-order valence-corrected chi connectivity index (χ4v) is 3.03. The lowest BCUT2D eigenvalue weighted by Crippen LogP contribution is -2.45. The normalized spacial score (nSPS) is 16.3. The molecule has 7 heteroatoms. The number of hydrogen-bond acceptors (Lipinski definition) is 5. The number of amides is 1. The van der Waals surface area contributed by atoms with Crippen molar-refractivity contribution in [2.45, 2.75) is 51.8 Å². The van der Waals surface area contributed by atoms with Crippen LogP contribution in [-0.4, -0.2) is 40.7 Å². The summed E-state index contributed by atoms with van der Waals surface area (Å²) in [5.41, 5.74) is 0.313. The second-order valence-electron chi connectivity index (χ2n) is 7.82. The van der Waals surface area contributed by atoms with E-state index in [0.29, 0.717) is 18.2 Å². The molecule has 1 aliphatic heterocycles. The van der Waals surface area contributed by atoms with Crippen molar-refractivity contribution in [3.05, 3.63) is 42.2 Å². The molecule has 3 rings (SSSR count). The zero-order chi connectivity index (χ0) is 19.4. The van der Waals surface area contributed by atoms with Crippen LogP contribution in [0.2, 0.25) is 0 Å². The molecule has 1 amide bonds. The Morgan fingerprint density at radius 3 is 2.59 bits per heavy atom. The number of oxazole rings is 1. The van der Waals surface area contributed by atoms with Crippen LogP contribution in [0.1, 0.15) is 39.5 Å². The summed E-state index contributed by atoms with van der Waals surface area (Å²) < 4.78 is 24.1. The van der Waals surface area contributed by atoms with Crippen molar-refractivity contribution >= 4 is 6.09 Å². The number of alkyl carbamates (subject to hydrolysis) is 1. The van der Waals surface area contributed by atoms with Crippen LogP contribution >= 0.6 is 0 Å². The topological polar surface area (TPSA) is 67.6 Å².